The lowest BCUT2D eigenvalue weighted by molar-refractivity contribution is 0.0686. The number of nitrogens with one attached hydrogen (secondary N) is 1. The highest BCUT2D eigenvalue weighted by molar-refractivity contribution is 7.08. The van der Waals surface area contributed by atoms with Gasteiger partial charge in [-0.05, 0) is 0 Å². The molecule has 0 spiro atoms. The summed E-state index contributed by atoms with van der Waals surface area (Å²) in [5, 5.41) is 21.3. The number of aromatic carboxylic acids is 1. The number of hydrogen-bond acceptors (Lipinski definition) is 6. The van der Waals surface area contributed by atoms with E-state index < -0.39 is 23.0 Å². The first-order valence-corrected chi connectivity index (χ1v) is 5.33. The summed E-state index contributed by atoms with van der Waals surface area (Å²) < 4.78 is 0. The minimum atomic E-state index is -1.48. The van der Waals surface area contributed by atoms with E-state index >= 15 is 0 Å². The molecule has 0 fully saturated rings. The van der Waals surface area contributed by atoms with E-state index in [-0.39, 0.29) is 5.82 Å². The number of carboxylic acids is 1. The van der Waals surface area contributed by atoms with Crippen molar-refractivity contribution in [2.75, 3.05) is 5.73 Å². The van der Waals surface area contributed by atoms with Crippen molar-refractivity contribution >= 4 is 23.0 Å². The monoisotopic (exact) mass is 253 g/mol. The van der Waals surface area contributed by atoms with Crippen molar-refractivity contribution in [2.24, 2.45) is 0 Å². The molecule has 2 aromatic rings. The Hall–Kier alpha value is -2.35. The minimum Gasteiger partial charge on any atom is -0.501 e. The molecule has 0 aliphatic carbocycles. The second kappa shape index (κ2) is 3.91. The quantitative estimate of drug-likeness (QED) is 0.616. The van der Waals surface area contributed by atoms with Gasteiger partial charge in [-0.15, -0.1) is 11.3 Å². The van der Waals surface area contributed by atoms with Gasteiger partial charge in [0.2, 0.25) is 5.75 Å². The number of carboxylic acid groups (broad SMARTS) is 1. The molecule has 2 rings (SSSR count). The third-order valence-corrected chi connectivity index (χ3v) is 2.81. The second-order valence-corrected chi connectivity index (χ2v) is 3.90. The average molecular weight is 253 g/mol. The number of aromatic hydroxyl groups is 1. The third-order valence-electron chi connectivity index (χ3n) is 2.04. The summed E-state index contributed by atoms with van der Waals surface area (Å²) in [5.41, 5.74) is 4.81. The van der Waals surface area contributed by atoms with Crippen molar-refractivity contribution in [1.82, 2.24) is 9.97 Å². The van der Waals surface area contributed by atoms with Crippen LogP contribution in [-0.2, 0) is 0 Å². The topological polar surface area (TPSA) is 129 Å². The standard InChI is InChI=1S/C9H7N3O4S/c10-4-2-17-1-3(4)7-11-5(9(15)16)6(13)8(14)12-7/h1-2,13H,10H2,(H,15,16)(H,11,12,14). The first-order valence-electron chi connectivity index (χ1n) is 4.39. The summed E-state index contributed by atoms with van der Waals surface area (Å²) in [6.07, 6.45) is 0. The van der Waals surface area contributed by atoms with E-state index in [0.717, 1.165) is 0 Å². The fourth-order valence-electron chi connectivity index (χ4n) is 1.24. The van der Waals surface area contributed by atoms with Gasteiger partial charge in [0.05, 0.1) is 11.3 Å². The van der Waals surface area contributed by atoms with Gasteiger partial charge in [0, 0.05) is 10.8 Å². The molecular weight excluding hydrogens is 246 g/mol. The number of aromatic nitrogens is 2. The predicted molar refractivity (Wildman–Crippen MR) is 61.2 cm³/mol. The maximum atomic E-state index is 11.3. The number of anilines is 1. The van der Waals surface area contributed by atoms with Crippen molar-refractivity contribution in [3.8, 4) is 17.1 Å². The molecule has 0 aliphatic heterocycles. The van der Waals surface area contributed by atoms with E-state index in [1.165, 1.54) is 11.3 Å². The van der Waals surface area contributed by atoms with Crippen molar-refractivity contribution in [3.05, 3.63) is 26.8 Å². The average Bonchev–Trinajstić information content (AvgIpc) is 2.68. The van der Waals surface area contributed by atoms with Gasteiger partial charge >= 0.3 is 5.97 Å². The van der Waals surface area contributed by atoms with E-state index in [0.29, 0.717) is 11.3 Å². The van der Waals surface area contributed by atoms with Gasteiger partial charge in [-0.2, -0.15) is 0 Å². The van der Waals surface area contributed by atoms with Crippen LogP contribution in [0.15, 0.2) is 15.6 Å². The van der Waals surface area contributed by atoms with Gasteiger partial charge in [0.1, 0.15) is 5.82 Å². The lowest BCUT2D eigenvalue weighted by Gasteiger charge is -2.02. The Kier molecular flexibility index (Phi) is 2.56. The van der Waals surface area contributed by atoms with Crippen LogP contribution in [0.4, 0.5) is 5.69 Å². The largest absolute Gasteiger partial charge is 0.501 e. The zero-order chi connectivity index (χ0) is 12.6. The maximum Gasteiger partial charge on any atom is 0.358 e. The van der Waals surface area contributed by atoms with Crippen LogP contribution in [0, 0.1) is 0 Å². The van der Waals surface area contributed by atoms with Crippen LogP contribution in [0.1, 0.15) is 10.5 Å². The van der Waals surface area contributed by atoms with E-state index in [4.69, 9.17) is 10.8 Å². The molecule has 88 valence electrons. The van der Waals surface area contributed by atoms with Crippen LogP contribution in [0.25, 0.3) is 11.4 Å². The lowest BCUT2D eigenvalue weighted by Crippen LogP contribution is -2.15. The van der Waals surface area contributed by atoms with Crippen LogP contribution in [0.2, 0.25) is 0 Å². The summed E-state index contributed by atoms with van der Waals surface area (Å²) in [5.74, 6) is -2.39. The first kappa shape index (κ1) is 11.1. The summed E-state index contributed by atoms with van der Waals surface area (Å²) in [6, 6.07) is 0. The molecule has 2 aromatic heterocycles. The normalized spacial score (nSPS) is 10.4. The number of hydrogen-bond donors (Lipinski definition) is 4. The summed E-state index contributed by atoms with van der Waals surface area (Å²) in [7, 11) is 0. The molecule has 8 heteroatoms. The van der Waals surface area contributed by atoms with E-state index in [1.54, 1.807) is 10.8 Å². The highest BCUT2D eigenvalue weighted by Gasteiger charge is 2.18. The third kappa shape index (κ3) is 1.85. The number of nitrogen functional groups attached to an aromatic ring is 1. The number of nitrogens with zero attached hydrogens (tertiary/aromatic N) is 1. The molecule has 0 unspecified atom stereocenters. The molecule has 0 saturated carbocycles. The highest BCUT2D eigenvalue weighted by atomic mass is 32.1. The van der Waals surface area contributed by atoms with Gasteiger partial charge in [0.25, 0.3) is 5.56 Å². The number of carbonyl (C=O) groups is 1. The van der Waals surface area contributed by atoms with Crippen LogP contribution < -0.4 is 11.3 Å². The molecule has 0 radical (unpaired) electrons. The molecule has 0 aliphatic rings. The zero-order valence-electron chi connectivity index (χ0n) is 8.30. The SMILES string of the molecule is Nc1cscc1-c1nc(C(=O)O)c(O)c(=O)[nH]1. The number of aromatic amines is 1. The molecule has 7 nitrogen and oxygen atoms in total. The van der Waals surface area contributed by atoms with Crippen molar-refractivity contribution < 1.29 is 15.0 Å². The minimum absolute atomic E-state index is 0.0175. The van der Waals surface area contributed by atoms with E-state index in [2.05, 4.69) is 9.97 Å². The summed E-state index contributed by atoms with van der Waals surface area (Å²) in [4.78, 5) is 28.0. The Morgan fingerprint density at radius 1 is 1.47 bits per heavy atom. The van der Waals surface area contributed by atoms with Gasteiger partial charge in [-0.25, -0.2) is 9.78 Å². The van der Waals surface area contributed by atoms with E-state index in [1.807, 2.05) is 0 Å². The fourth-order valence-corrected chi connectivity index (χ4v) is 1.97. The molecule has 0 amide bonds. The number of nitrogens with two attached hydrogens (primary N) is 1. The second-order valence-electron chi connectivity index (χ2n) is 3.16. The van der Waals surface area contributed by atoms with Crippen molar-refractivity contribution in [2.45, 2.75) is 0 Å². The molecule has 17 heavy (non-hydrogen) atoms. The Bertz CT molecular complexity index is 646. The predicted octanol–water partition coefficient (Wildman–Crippen LogP) is 0.484. The first-order chi connectivity index (χ1) is 8.00. The number of H-pyrrole nitrogens is 1. The molecule has 0 atom stereocenters. The van der Waals surface area contributed by atoms with E-state index in [9.17, 15) is 14.7 Å². The van der Waals surface area contributed by atoms with Gasteiger partial charge in [0.15, 0.2) is 5.69 Å². The molecule has 2 heterocycles. The molecular formula is C9H7N3O4S. The fraction of sp³-hybridized carbons (Fsp3) is 0. The van der Waals surface area contributed by atoms with Crippen LogP contribution in [0.5, 0.6) is 5.75 Å². The smallest absolute Gasteiger partial charge is 0.358 e. The molecule has 0 bridgehead atoms. The Labute approximate surface area is 98.2 Å². The van der Waals surface area contributed by atoms with Crippen molar-refractivity contribution in [1.29, 1.82) is 0 Å². The molecule has 5 N–H and O–H groups in total. The lowest BCUT2D eigenvalue weighted by atomic mass is 10.2. The number of rotatable bonds is 2. The molecule has 0 saturated heterocycles. The zero-order valence-corrected chi connectivity index (χ0v) is 9.11. The molecule has 0 aromatic carbocycles. The summed E-state index contributed by atoms with van der Waals surface area (Å²) in [6.45, 7) is 0. The van der Waals surface area contributed by atoms with Crippen molar-refractivity contribution in [3.63, 3.8) is 0 Å². The highest BCUT2D eigenvalue weighted by Crippen LogP contribution is 2.26. The van der Waals surface area contributed by atoms with Crippen LogP contribution in [0.3, 0.4) is 0 Å². The Balaban J connectivity index is 2.70. The maximum absolute atomic E-state index is 11.3. The summed E-state index contributed by atoms with van der Waals surface area (Å²) >= 11 is 1.29. The van der Waals surface area contributed by atoms with Gasteiger partial charge < -0.3 is 20.9 Å². The van der Waals surface area contributed by atoms with Gasteiger partial charge in [-0.1, -0.05) is 0 Å². The van der Waals surface area contributed by atoms with Crippen LogP contribution in [-0.4, -0.2) is 26.2 Å². The van der Waals surface area contributed by atoms with Gasteiger partial charge in [-0.3, -0.25) is 4.79 Å². The Morgan fingerprint density at radius 2 is 2.18 bits per heavy atom. The Morgan fingerprint density at radius 3 is 2.71 bits per heavy atom. The number of thiophene rings is 1. The van der Waals surface area contributed by atoms with Crippen LogP contribution >= 0.6 is 11.3 Å².